The molecule has 3 heteroatoms. The molecule has 0 spiro atoms. The predicted octanol–water partition coefficient (Wildman–Crippen LogP) is 2.19. The molecule has 0 fully saturated rings. The Morgan fingerprint density at radius 1 is 1.36 bits per heavy atom. The standard InChI is InChI=1S/C11H12O3/c1-2-13-14-11(12)9-8-10-6-4-3-5-7-10/h3-9H,2H2,1H3. The van der Waals surface area contributed by atoms with Crippen molar-refractivity contribution < 1.29 is 14.6 Å². The minimum absolute atomic E-state index is 0.352. The smallest absolute Gasteiger partial charge is 0.294 e. The van der Waals surface area contributed by atoms with Crippen LogP contribution in [0.4, 0.5) is 0 Å². The first-order valence-electron chi connectivity index (χ1n) is 4.39. The van der Waals surface area contributed by atoms with E-state index in [1.54, 1.807) is 13.0 Å². The summed E-state index contributed by atoms with van der Waals surface area (Å²) in [5, 5.41) is 0. The number of hydrogen-bond donors (Lipinski definition) is 0. The van der Waals surface area contributed by atoms with Crippen LogP contribution >= 0.6 is 0 Å². The molecule has 1 rings (SSSR count). The first-order chi connectivity index (χ1) is 6.83. The van der Waals surface area contributed by atoms with Gasteiger partial charge in [0.1, 0.15) is 0 Å². The number of carbonyl (C=O) groups excluding carboxylic acids is 1. The molecule has 0 aliphatic heterocycles. The maximum absolute atomic E-state index is 10.9. The Morgan fingerprint density at radius 2 is 2.07 bits per heavy atom. The summed E-state index contributed by atoms with van der Waals surface area (Å²) in [6, 6.07) is 9.49. The van der Waals surface area contributed by atoms with Crippen LogP contribution in [0.25, 0.3) is 6.08 Å². The van der Waals surface area contributed by atoms with Gasteiger partial charge >= 0.3 is 5.97 Å². The number of hydrogen-bond acceptors (Lipinski definition) is 3. The van der Waals surface area contributed by atoms with Crippen molar-refractivity contribution in [2.24, 2.45) is 0 Å². The Labute approximate surface area is 82.9 Å². The van der Waals surface area contributed by atoms with E-state index >= 15 is 0 Å². The minimum Gasteiger partial charge on any atom is -0.294 e. The maximum Gasteiger partial charge on any atom is 0.365 e. The van der Waals surface area contributed by atoms with Gasteiger partial charge in [-0.3, -0.25) is 4.89 Å². The number of rotatable bonds is 4. The van der Waals surface area contributed by atoms with Gasteiger partial charge in [0.25, 0.3) is 0 Å². The molecule has 74 valence electrons. The van der Waals surface area contributed by atoms with Gasteiger partial charge in [-0.05, 0) is 18.6 Å². The van der Waals surface area contributed by atoms with Crippen LogP contribution in [-0.2, 0) is 14.6 Å². The van der Waals surface area contributed by atoms with Gasteiger partial charge in [-0.25, -0.2) is 4.79 Å². The Hall–Kier alpha value is -1.61. The largest absolute Gasteiger partial charge is 0.365 e. The zero-order chi connectivity index (χ0) is 10.2. The van der Waals surface area contributed by atoms with Crippen LogP contribution in [0.2, 0.25) is 0 Å². The highest BCUT2D eigenvalue weighted by atomic mass is 17.2. The van der Waals surface area contributed by atoms with Crippen molar-refractivity contribution >= 4 is 12.0 Å². The highest BCUT2D eigenvalue weighted by Gasteiger charge is 1.95. The highest BCUT2D eigenvalue weighted by Crippen LogP contribution is 2.00. The Bertz CT molecular complexity index is 304. The highest BCUT2D eigenvalue weighted by molar-refractivity contribution is 5.86. The summed E-state index contributed by atoms with van der Waals surface area (Å²) in [6.45, 7) is 2.10. The van der Waals surface area contributed by atoms with E-state index in [2.05, 4.69) is 9.78 Å². The Morgan fingerprint density at radius 3 is 2.71 bits per heavy atom. The zero-order valence-corrected chi connectivity index (χ0v) is 7.97. The quantitative estimate of drug-likeness (QED) is 0.416. The van der Waals surface area contributed by atoms with Crippen LogP contribution in [-0.4, -0.2) is 12.6 Å². The summed E-state index contributed by atoms with van der Waals surface area (Å²) >= 11 is 0. The number of carbonyl (C=O) groups is 1. The summed E-state index contributed by atoms with van der Waals surface area (Å²) in [5.74, 6) is -0.504. The molecule has 0 bridgehead atoms. The van der Waals surface area contributed by atoms with Crippen LogP contribution in [0.3, 0.4) is 0 Å². The molecule has 0 atom stereocenters. The summed E-state index contributed by atoms with van der Waals surface area (Å²) in [4.78, 5) is 19.8. The second-order valence-corrected chi connectivity index (χ2v) is 2.55. The molecule has 0 radical (unpaired) electrons. The fourth-order valence-corrected chi connectivity index (χ4v) is 0.873. The van der Waals surface area contributed by atoms with Crippen molar-refractivity contribution in [3.63, 3.8) is 0 Å². The Kier molecular flexibility index (Phi) is 4.44. The van der Waals surface area contributed by atoms with E-state index in [9.17, 15) is 4.79 Å². The first kappa shape index (κ1) is 10.5. The lowest BCUT2D eigenvalue weighted by atomic mass is 10.2. The number of benzene rings is 1. The fraction of sp³-hybridized carbons (Fsp3) is 0.182. The normalized spacial score (nSPS) is 10.4. The van der Waals surface area contributed by atoms with Crippen LogP contribution in [0.15, 0.2) is 36.4 Å². The molecule has 0 amide bonds. The van der Waals surface area contributed by atoms with Crippen LogP contribution in [0, 0.1) is 0 Å². The van der Waals surface area contributed by atoms with Crippen molar-refractivity contribution in [3.8, 4) is 0 Å². The van der Waals surface area contributed by atoms with Gasteiger partial charge in [0.05, 0.1) is 6.61 Å². The van der Waals surface area contributed by atoms with Gasteiger partial charge < -0.3 is 0 Å². The summed E-state index contributed by atoms with van der Waals surface area (Å²) < 4.78 is 0. The molecule has 0 unspecified atom stereocenters. The van der Waals surface area contributed by atoms with E-state index in [1.807, 2.05) is 30.3 Å². The average molecular weight is 192 g/mol. The summed E-state index contributed by atoms with van der Waals surface area (Å²) in [7, 11) is 0. The van der Waals surface area contributed by atoms with Crippen molar-refractivity contribution in [2.45, 2.75) is 6.92 Å². The van der Waals surface area contributed by atoms with E-state index in [0.717, 1.165) is 5.56 Å². The van der Waals surface area contributed by atoms with Crippen LogP contribution in [0.5, 0.6) is 0 Å². The van der Waals surface area contributed by atoms with Gasteiger partial charge in [0.2, 0.25) is 0 Å². The third kappa shape index (κ3) is 3.87. The summed E-state index contributed by atoms with van der Waals surface area (Å²) in [6.07, 6.45) is 2.99. The third-order valence-electron chi connectivity index (χ3n) is 1.47. The molecule has 1 aromatic carbocycles. The average Bonchev–Trinajstić information content (AvgIpc) is 2.25. The van der Waals surface area contributed by atoms with Crippen LogP contribution < -0.4 is 0 Å². The molecule has 0 N–H and O–H groups in total. The molecule has 0 saturated heterocycles. The monoisotopic (exact) mass is 192 g/mol. The van der Waals surface area contributed by atoms with Gasteiger partial charge in [-0.2, -0.15) is 4.89 Å². The molecule has 0 heterocycles. The van der Waals surface area contributed by atoms with E-state index < -0.39 is 5.97 Å². The SMILES string of the molecule is CCOOC(=O)C=Cc1ccccc1. The van der Waals surface area contributed by atoms with E-state index in [1.165, 1.54) is 6.08 Å². The van der Waals surface area contributed by atoms with Gasteiger partial charge in [0, 0.05) is 6.08 Å². The molecule has 3 nitrogen and oxygen atoms in total. The lowest BCUT2D eigenvalue weighted by molar-refractivity contribution is -0.264. The van der Waals surface area contributed by atoms with E-state index in [4.69, 9.17) is 0 Å². The Balaban J connectivity index is 2.44. The van der Waals surface area contributed by atoms with Crippen LogP contribution in [0.1, 0.15) is 12.5 Å². The maximum atomic E-state index is 10.9. The first-order valence-corrected chi connectivity index (χ1v) is 4.39. The fourth-order valence-electron chi connectivity index (χ4n) is 0.873. The third-order valence-corrected chi connectivity index (χ3v) is 1.47. The molecular weight excluding hydrogens is 180 g/mol. The molecule has 0 aliphatic rings. The molecule has 0 aliphatic carbocycles. The molecule has 14 heavy (non-hydrogen) atoms. The molecule has 1 aromatic rings. The molecular formula is C11H12O3. The van der Waals surface area contributed by atoms with Gasteiger partial charge in [0.15, 0.2) is 0 Å². The van der Waals surface area contributed by atoms with Crippen molar-refractivity contribution in [3.05, 3.63) is 42.0 Å². The molecule has 0 saturated carbocycles. The van der Waals surface area contributed by atoms with Gasteiger partial charge in [-0.1, -0.05) is 30.3 Å². The van der Waals surface area contributed by atoms with Crippen molar-refractivity contribution in [1.82, 2.24) is 0 Å². The topological polar surface area (TPSA) is 35.5 Å². The van der Waals surface area contributed by atoms with E-state index in [0.29, 0.717) is 6.61 Å². The lowest BCUT2D eigenvalue weighted by Gasteiger charge is -1.95. The van der Waals surface area contributed by atoms with Gasteiger partial charge in [-0.15, -0.1) is 0 Å². The zero-order valence-electron chi connectivity index (χ0n) is 7.97. The predicted molar refractivity (Wildman–Crippen MR) is 53.2 cm³/mol. The second kappa shape index (κ2) is 5.94. The lowest BCUT2D eigenvalue weighted by Crippen LogP contribution is -2.00. The summed E-state index contributed by atoms with van der Waals surface area (Å²) in [5.41, 5.74) is 0.945. The minimum atomic E-state index is -0.504. The second-order valence-electron chi connectivity index (χ2n) is 2.55. The van der Waals surface area contributed by atoms with Crippen molar-refractivity contribution in [1.29, 1.82) is 0 Å². The van der Waals surface area contributed by atoms with E-state index in [-0.39, 0.29) is 0 Å². The molecule has 0 aromatic heterocycles. The van der Waals surface area contributed by atoms with Crippen molar-refractivity contribution in [2.75, 3.05) is 6.61 Å².